The number of fused-ring (bicyclic) bond motifs is 1. The predicted molar refractivity (Wildman–Crippen MR) is 82.3 cm³/mol. The molecule has 2 rings (SSSR count). The summed E-state index contributed by atoms with van der Waals surface area (Å²) in [5.74, 6) is 1.72. The SMILES string of the molecule is CC(C)(C)CCOc1ccc2c(c1)OC(C)(C)CC2N. The van der Waals surface area contributed by atoms with Gasteiger partial charge in [0, 0.05) is 24.1 Å². The average molecular weight is 277 g/mol. The van der Waals surface area contributed by atoms with Gasteiger partial charge in [-0.25, -0.2) is 0 Å². The highest BCUT2D eigenvalue weighted by atomic mass is 16.5. The third-order valence-electron chi connectivity index (χ3n) is 3.60. The number of ether oxygens (including phenoxy) is 2. The molecular formula is C17H27NO2. The number of rotatable bonds is 3. The molecule has 0 aromatic heterocycles. The van der Waals surface area contributed by atoms with Crippen LogP contribution in [0.25, 0.3) is 0 Å². The molecule has 0 radical (unpaired) electrons. The molecule has 0 amide bonds. The minimum absolute atomic E-state index is 0.0392. The Morgan fingerprint density at radius 3 is 2.70 bits per heavy atom. The molecule has 1 aromatic rings. The summed E-state index contributed by atoms with van der Waals surface area (Å²) in [4.78, 5) is 0. The van der Waals surface area contributed by atoms with Gasteiger partial charge in [0.25, 0.3) is 0 Å². The molecule has 0 saturated carbocycles. The minimum Gasteiger partial charge on any atom is -0.493 e. The smallest absolute Gasteiger partial charge is 0.128 e. The lowest BCUT2D eigenvalue weighted by atomic mass is 9.90. The molecule has 112 valence electrons. The molecule has 1 aliphatic rings. The fourth-order valence-corrected chi connectivity index (χ4v) is 2.45. The van der Waals surface area contributed by atoms with Crippen LogP contribution in [0.3, 0.4) is 0 Å². The lowest BCUT2D eigenvalue weighted by Crippen LogP contribution is -2.37. The molecule has 3 nitrogen and oxygen atoms in total. The summed E-state index contributed by atoms with van der Waals surface area (Å²) in [5, 5.41) is 0. The normalized spacial score (nSPS) is 21.0. The summed E-state index contributed by atoms with van der Waals surface area (Å²) >= 11 is 0. The highest BCUT2D eigenvalue weighted by Crippen LogP contribution is 2.40. The molecule has 1 aliphatic heterocycles. The third kappa shape index (κ3) is 3.89. The maximum absolute atomic E-state index is 6.21. The van der Waals surface area contributed by atoms with Crippen LogP contribution in [0.4, 0.5) is 0 Å². The van der Waals surface area contributed by atoms with Gasteiger partial charge < -0.3 is 15.2 Å². The van der Waals surface area contributed by atoms with Crippen molar-refractivity contribution >= 4 is 0 Å². The second-order valence-electron chi connectivity index (χ2n) is 7.53. The van der Waals surface area contributed by atoms with E-state index in [1.54, 1.807) is 0 Å². The van der Waals surface area contributed by atoms with E-state index in [2.05, 4.69) is 34.6 Å². The highest BCUT2D eigenvalue weighted by molar-refractivity contribution is 5.44. The number of hydrogen-bond acceptors (Lipinski definition) is 3. The summed E-state index contributed by atoms with van der Waals surface area (Å²) in [5.41, 5.74) is 7.36. The van der Waals surface area contributed by atoms with E-state index in [-0.39, 0.29) is 17.1 Å². The predicted octanol–water partition coefficient (Wildman–Crippen LogP) is 4.06. The molecule has 1 atom stereocenters. The van der Waals surface area contributed by atoms with Crippen LogP contribution in [0.2, 0.25) is 0 Å². The number of benzene rings is 1. The van der Waals surface area contributed by atoms with Gasteiger partial charge in [-0.2, -0.15) is 0 Å². The molecule has 0 bridgehead atoms. The van der Waals surface area contributed by atoms with E-state index in [9.17, 15) is 0 Å². The van der Waals surface area contributed by atoms with E-state index in [0.717, 1.165) is 36.5 Å². The van der Waals surface area contributed by atoms with Gasteiger partial charge in [0.15, 0.2) is 0 Å². The Labute approximate surface area is 122 Å². The zero-order valence-electron chi connectivity index (χ0n) is 13.3. The van der Waals surface area contributed by atoms with Crippen LogP contribution in [-0.2, 0) is 0 Å². The molecule has 0 aliphatic carbocycles. The monoisotopic (exact) mass is 277 g/mol. The largest absolute Gasteiger partial charge is 0.493 e. The van der Waals surface area contributed by atoms with Crippen LogP contribution in [0, 0.1) is 5.41 Å². The first kappa shape index (κ1) is 15.2. The average Bonchev–Trinajstić information content (AvgIpc) is 2.24. The van der Waals surface area contributed by atoms with E-state index >= 15 is 0 Å². The summed E-state index contributed by atoms with van der Waals surface area (Å²) in [7, 11) is 0. The molecule has 1 heterocycles. The lowest BCUT2D eigenvalue weighted by Gasteiger charge is -2.36. The Morgan fingerprint density at radius 2 is 2.05 bits per heavy atom. The molecule has 20 heavy (non-hydrogen) atoms. The minimum atomic E-state index is -0.212. The summed E-state index contributed by atoms with van der Waals surface area (Å²) in [6, 6.07) is 6.03. The van der Waals surface area contributed by atoms with Crippen molar-refractivity contribution in [1.29, 1.82) is 0 Å². The molecule has 0 spiro atoms. The van der Waals surface area contributed by atoms with Crippen molar-refractivity contribution in [2.75, 3.05) is 6.61 Å². The number of nitrogens with two attached hydrogens (primary N) is 1. The van der Waals surface area contributed by atoms with Gasteiger partial charge >= 0.3 is 0 Å². The Balaban J connectivity index is 2.08. The fraction of sp³-hybridized carbons (Fsp3) is 0.647. The summed E-state index contributed by atoms with van der Waals surface area (Å²) in [6.45, 7) is 11.5. The maximum atomic E-state index is 6.21. The Hall–Kier alpha value is -1.22. The van der Waals surface area contributed by atoms with Crippen molar-refractivity contribution in [2.24, 2.45) is 11.1 Å². The van der Waals surface area contributed by atoms with E-state index < -0.39 is 0 Å². The van der Waals surface area contributed by atoms with Crippen molar-refractivity contribution < 1.29 is 9.47 Å². The van der Waals surface area contributed by atoms with Crippen molar-refractivity contribution in [3.63, 3.8) is 0 Å². The summed E-state index contributed by atoms with van der Waals surface area (Å²) in [6.07, 6.45) is 1.86. The van der Waals surface area contributed by atoms with Gasteiger partial charge in [0.05, 0.1) is 6.61 Å². The van der Waals surface area contributed by atoms with Crippen molar-refractivity contribution in [1.82, 2.24) is 0 Å². The molecule has 1 unspecified atom stereocenters. The van der Waals surface area contributed by atoms with Gasteiger partial charge in [-0.1, -0.05) is 26.8 Å². The van der Waals surface area contributed by atoms with Crippen LogP contribution in [0.5, 0.6) is 11.5 Å². The second-order valence-corrected chi connectivity index (χ2v) is 7.53. The summed E-state index contributed by atoms with van der Waals surface area (Å²) < 4.78 is 11.8. The first-order valence-corrected chi connectivity index (χ1v) is 7.38. The van der Waals surface area contributed by atoms with Gasteiger partial charge in [-0.15, -0.1) is 0 Å². The van der Waals surface area contributed by atoms with Gasteiger partial charge in [-0.05, 0) is 31.7 Å². The third-order valence-corrected chi connectivity index (χ3v) is 3.60. The highest BCUT2D eigenvalue weighted by Gasteiger charge is 2.31. The van der Waals surface area contributed by atoms with E-state index in [4.69, 9.17) is 15.2 Å². The van der Waals surface area contributed by atoms with Gasteiger partial charge in [0.1, 0.15) is 17.1 Å². The maximum Gasteiger partial charge on any atom is 0.128 e. The van der Waals surface area contributed by atoms with Crippen LogP contribution in [0.1, 0.15) is 59.1 Å². The second kappa shape index (κ2) is 5.28. The molecule has 0 saturated heterocycles. The Morgan fingerprint density at radius 1 is 1.35 bits per heavy atom. The first-order valence-electron chi connectivity index (χ1n) is 7.38. The molecule has 2 N–H and O–H groups in total. The molecule has 1 aromatic carbocycles. The van der Waals surface area contributed by atoms with Crippen molar-refractivity contribution in [2.45, 2.75) is 59.1 Å². The van der Waals surface area contributed by atoms with Gasteiger partial charge in [0.2, 0.25) is 0 Å². The zero-order chi connectivity index (χ0) is 15.0. The van der Waals surface area contributed by atoms with Crippen LogP contribution in [-0.4, -0.2) is 12.2 Å². The van der Waals surface area contributed by atoms with E-state index in [0.29, 0.717) is 0 Å². The van der Waals surface area contributed by atoms with Crippen molar-refractivity contribution in [3.05, 3.63) is 23.8 Å². The van der Waals surface area contributed by atoms with Crippen LogP contribution in [0.15, 0.2) is 18.2 Å². The fourth-order valence-electron chi connectivity index (χ4n) is 2.45. The van der Waals surface area contributed by atoms with Gasteiger partial charge in [-0.3, -0.25) is 0 Å². The zero-order valence-corrected chi connectivity index (χ0v) is 13.3. The lowest BCUT2D eigenvalue weighted by molar-refractivity contribution is 0.0724. The van der Waals surface area contributed by atoms with Crippen LogP contribution >= 0.6 is 0 Å². The molecular weight excluding hydrogens is 250 g/mol. The number of hydrogen-bond donors (Lipinski definition) is 1. The van der Waals surface area contributed by atoms with Crippen LogP contribution < -0.4 is 15.2 Å². The molecule has 3 heteroatoms. The van der Waals surface area contributed by atoms with E-state index in [1.807, 2.05) is 18.2 Å². The van der Waals surface area contributed by atoms with Crippen molar-refractivity contribution in [3.8, 4) is 11.5 Å². The van der Waals surface area contributed by atoms with E-state index in [1.165, 1.54) is 0 Å². The standard InChI is InChI=1S/C17H27NO2/c1-16(2,3)8-9-19-12-6-7-13-14(18)11-17(4,5)20-15(13)10-12/h6-7,10,14H,8-9,11,18H2,1-5H3. The quantitative estimate of drug-likeness (QED) is 0.906. The Bertz CT molecular complexity index is 474. The Kier molecular flexibility index (Phi) is 4.01. The first-order chi connectivity index (χ1) is 9.16. The molecule has 0 fully saturated rings. The topological polar surface area (TPSA) is 44.5 Å².